The number of halogens is 1. The fourth-order valence-electron chi connectivity index (χ4n) is 8.26. The lowest BCUT2D eigenvalue weighted by molar-refractivity contribution is 0.639. The molecule has 0 N–H and O–H groups in total. The molecule has 0 fully saturated rings. The van der Waals surface area contributed by atoms with E-state index in [0.29, 0.717) is 0 Å². The van der Waals surface area contributed by atoms with Crippen molar-refractivity contribution >= 4 is 55.6 Å². The first-order valence-electron chi connectivity index (χ1n) is 17.3. The first-order chi connectivity index (χ1) is 24.1. The second-order valence-corrected chi connectivity index (χ2v) is 15.4. The maximum Gasteiger partial charge on any atom is 0.0543 e. The summed E-state index contributed by atoms with van der Waals surface area (Å²) in [6.45, 7) is 15.9. The highest BCUT2D eigenvalue weighted by atomic mass is 79.9. The average Bonchev–Trinajstić information content (AvgIpc) is 3.48. The standard InChI is InChI=1S/C47H41BrN2/c1-7-37-31(2)46(3,4)40-24-16-26-42(44(37)40)49(33-18-10-8-11-19-33)35-28-32(48)29-36(30-35)50(34-20-12-9-13-21-34)43-27-17-25-41-45(43)38-22-14-15-23-39(38)47(41,5)6/h7-30H,1H2,2-6H3. The molecule has 3 heteroatoms. The van der Waals surface area contributed by atoms with Crippen molar-refractivity contribution in [1.29, 1.82) is 0 Å². The Balaban J connectivity index is 1.39. The summed E-state index contributed by atoms with van der Waals surface area (Å²) >= 11 is 3.98. The van der Waals surface area contributed by atoms with Crippen LogP contribution in [0.5, 0.6) is 0 Å². The molecule has 6 aromatic carbocycles. The van der Waals surface area contributed by atoms with Crippen LogP contribution in [0, 0.1) is 0 Å². The van der Waals surface area contributed by atoms with E-state index in [9.17, 15) is 0 Å². The zero-order chi connectivity index (χ0) is 34.8. The van der Waals surface area contributed by atoms with Gasteiger partial charge in [-0.05, 0) is 89.3 Å². The van der Waals surface area contributed by atoms with Crippen LogP contribution in [0.15, 0.2) is 162 Å². The third-order valence-corrected chi connectivity index (χ3v) is 11.5. The summed E-state index contributed by atoms with van der Waals surface area (Å²) < 4.78 is 1.00. The molecule has 8 rings (SSSR count). The largest absolute Gasteiger partial charge is 0.310 e. The quantitative estimate of drug-likeness (QED) is 0.163. The van der Waals surface area contributed by atoms with Gasteiger partial charge in [0, 0.05) is 49.2 Å². The van der Waals surface area contributed by atoms with Crippen LogP contribution in [-0.4, -0.2) is 0 Å². The van der Waals surface area contributed by atoms with Gasteiger partial charge in [-0.25, -0.2) is 0 Å². The van der Waals surface area contributed by atoms with E-state index in [-0.39, 0.29) is 10.8 Å². The van der Waals surface area contributed by atoms with Gasteiger partial charge in [0.15, 0.2) is 0 Å². The molecule has 0 aliphatic heterocycles. The highest BCUT2D eigenvalue weighted by Crippen LogP contribution is 2.55. The Morgan fingerprint density at radius 1 is 0.520 bits per heavy atom. The molecule has 0 amide bonds. The van der Waals surface area contributed by atoms with E-state index < -0.39 is 0 Å². The molecular formula is C47H41BrN2. The predicted octanol–water partition coefficient (Wildman–Crippen LogP) is 13.9. The number of para-hydroxylation sites is 2. The Labute approximate surface area is 305 Å². The maximum atomic E-state index is 4.29. The van der Waals surface area contributed by atoms with Gasteiger partial charge in [-0.1, -0.05) is 147 Å². The van der Waals surface area contributed by atoms with Gasteiger partial charge < -0.3 is 9.80 Å². The molecule has 0 heterocycles. The number of hydrogen-bond acceptors (Lipinski definition) is 2. The lowest BCUT2D eigenvalue weighted by Crippen LogP contribution is -2.18. The Bertz CT molecular complexity index is 2310. The third kappa shape index (κ3) is 4.90. The van der Waals surface area contributed by atoms with E-state index in [0.717, 1.165) is 38.6 Å². The molecule has 246 valence electrons. The van der Waals surface area contributed by atoms with E-state index in [1.54, 1.807) is 0 Å². The lowest BCUT2D eigenvalue weighted by Gasteiger charge is -2.32. The van der Waals surface area contributed by atoms with Crippen molar-refractivity contribution in [2.75, 3.05) is 9.80 Å². The Hall–Kier alpha value is -5.12. The van der Waals surface area contributed by atoms with Crippen molar-refractivity contribution in [3.05, 3.63) is 184 Å². The number of anilines is 6. The summed E-state index contributed by atoms with van der Waals surface area (Å²) in [5.41, 5.74) is 16.9. The second kappa shape index (κ2) is 12.0. The zero-order valence-corrected chi connectivity index (χ0v) is 30.9. The van der Waals surface area contributed by atoms with Crippen LogP contribution in [0.3, 0.4) is 0 Å². The zero-order valence-electron chi connectivity index (χ0n) is 29.3. The summed E-state index contributed by atoms with van der Waals surface area (Å²) in [5, 5.41) is 0. The predicted molar refractivity (Wildman–Crippen MR) is 217 cm³/mol. The first kappa shape index (κ1) is 32.1. The highest BCUT2D eigenvalue weighted by molar-refractivity contribution is 9.10. The van der Waals surface area contributed by atoms with Gasteiger partial charge in [-0.15, -0.1) is 0 Å². The summed E-state index contributed by atoms with van der Waals surface area (Å²) in [6, 6.07) is 50.7. The number of hydrogen-bond donors (Lipinski definition) is 0. The number of allylic oxidation sites excluding steroid dienone is 3. The van der Waals surface area contributed by atoms with E-state index in [1.807, 2.05) is 6.08 Å². The molecular weight excluding hydrogens is 672 g/mol. The molecule has 0 aromatic heterocycles. The fourth-order valence-corrected chi connectivity index (χ4v) is 8.73. The van der Waals surface area contributed by atoms with E-state index in [2.05, 4.69) is 206 Å². The molecule has 50 heavy (non-hydrogen) atoms. The molecule has 2 aliphatic rings. The molecule has 6 aromatic rings. The maximum absolute atomic E-state index is 4.29. The van der Waals surface area contributed by atoms with Crippen LogP contribution >= 0.6 is 15.9 Å². The lowest BCUT2D eigenvalue weighted by atomic mass is 9.82. The van der Waals surface area contributed by atoms with Crippen molar-refractivity contribution < 1.29 is 0 Å². The molecule has 2 aliphatic carbocycles. The van der Waals surface area contributed by atoms with Gasteiger partial charge in [0.05, 0.1) is 11.4 Å². The van der Waals surface area contributed by atoms with Crippen LogP contribution in [0.1, 0.15) is 56.9 Å². The first-order valence-corrected chi connectivity index (χ1v) is 18.1. The van der Waals surface area contributed by atoms with Crippen molar-refractivity contribution in [2.45, 2.75) is 45.4 Å². The summed E-state index contributed by atoms with van der Waals surface area (Å²) in [5.74, 6) is 0. The Morgan fingerprint density at radius 2 is 1.00 bits per heavy atom. The van der Waals surface area contributed by atoms with E-state index in [4.69, 9.17) is 0 Å². The van der Waals surface area contributed by atoms with E-state index >= 15 is 0 Å². The Kier molecular flexibility index (Phi) is 7.73. The van der Waals surface area contributed by atoms with Gasteiger partial charge in [-0.3, -0.25) is 0 Å². The van der Waals surface area contributed by atoms with Gasteiger partial charge >= 0.3 is 0 Å². The monoisotopic (exact) mass is 712 g/mol. The molecule has 0 unspecified atom stereocenters. The summed E-state index contributed by atoms with van der Waals surface area (Å²) in [7, 11) is 0. The number of fused-ring (bicyclic) bond motifs is 4. The van der Waals surface area contributed by atoms with Crippen LogP contribution in [0.4, 0.5) is 34.1 Å². The molecule has 0 radical (unpaired) electrons. The minimum Gasteiger partial charge on any atom is -0.310 e. The van der Waals surface area contributed by atoms with Crippen LogP contribution in [0.2, 0.25) is 0 Å². The number of benzene rings is 6. The van der Waals surface area contributed by atoms with E-state index in [1.165, 1.54) is 44.5 Å². The Morgan fingerprint density at radius 3 is 1.56 bits per heavy atom. The minimum atomic E-state index is -0.104. The van der Waals surface area contributed by atoms with Crippen molar-refractivity contribution in [3.63, 3.8) is 0 Å². The minimum absolute atomic E-state index is 0.0957. The molecule has 0 spiro atoms. The van der Waals surface area contributed by atoms with Crippen LogP contribution < -0.4 is 9.80 Å². The van der Waals surface area contributed by atoms with Crippen molar-refractivity contribution in [3.8, 4) is 11.1 Å². The van der Waals surface area contributed by atoms with Crippen LogP contribution in [-0.2, 0) is 10.8 Å². The molecule has 0 saturated carbocycles. The number of rotatable bonds is 7. The molecule has 0 bridgehead atoms. The van der Waals surface area contributed by atoms with Gasteiger partial charge in [0.2, 0.25) is 0 Å². The average molecular weight is 714 g/mol. The van der Waals surface area contributed by atoms with Gasteiger partial charge in [-0.2, -0.15) is 0 Å². The number of nitrogens with zero attached hydrogens (tertiary/aromatic N) is 2. The van der Waals surface area contributed by atoms with Crippen molar-refractivity contribution in [2.24, 2.45) is 0 Å². The molecule has 0 saturated heterocycles. The molecule has 0 atom stereocenters. The van der Waals surface area contributed by atoms with Gasteiger partial charge in [0.1, 0.15) is 0 Å². The fraction of sp³-hybridized carbons (Fsp3) is 0.149. The molecule has 2 nitrogen and oxygen atoms in total. The normalized spacial score (nSPS) is 14.9. The van der Waals surface area contributed by atoms with Gasteiger partial charge in [0.25, 0.3) is 0 Å². The SMILES string of the molecule is C=CC1=C(C)C(C)(C)c2cccc(N(c3ccccc3)c3cc(Br)cc(N(c4ccccc4)c4cccc5c4-c4ccccc4C5(C)C)c3)c21. The third-order valence-electron chi connectivity index (χ3n) is 11.0. The smallest absolute Gasteiger partial charge is 0.0543 e. The second-order valence-electron chi connectivity index (χ2n) is 14.4. The highest BCUT2D eigenvalue weighted by Gasteiger charge is 2.39. The van der Waals surface area contributed by atoms with Crippen LogP contribution in [0.25, 0.3) is 16.7 Å². The summed E-state index contributed by atoms with van der Waals surface area (Å²) in [6.07, 6.45) is 2.04. The summed E-state index contributed by atoms with van der Waals surface area (Å²) in [4.78, 5) is 4.83. The van der Waals surface area contributed by atoms with Crippen molar-refractivity contribution in [1.82, 2.24) is 0 Å². The topological polar surface area (TPSA) is 6.48 Å².